The number of hydrogen-bond acceptors (Lipinski definition) is 4. The lowest BCUT2D eigenvalue weighted by Crippen LogP contribution is -2.38. The van der Waals surface area contributed by atoms with Gasteiger partial charge in [0, 0.05) is 24.5 Å². The molecule has 0 saturated carbocycles. The average molecular weight is 307 g/mol. The Kier molecular flexibility index (Phi) is 5.41. The second-order valence-electron chi connectivity index (χ2n) is 4.89. The van der Waals surface area contributed by atoms with Gasteiger partial charge in [0.15, 0.2) is 0 Å². The van der Waals surface area contributed by atoms with Crippen LogP contribution in [0.15, 0.2) is 35.8 Å². The van der Waals surface area contributed by atoms with E-state index in [-0.39, 0.29) is 11.7 Å². The van der Waals surface area contributed by atoms with Crippen LogP contribution in [0, 0.1) is 5.82 Å². The molecule has 0 bridgehead atoms. The van der Waals surface area contributed by atoms with Crippen molar-refractivity contribution in [3.05, 3.63) is 52.2 Å². The highest BCUT2D eigenvalue weighted by Gasteiger charge is 2.22. The molecule has 1 aromatic carbocycles. The summed E-state index contributed by atoms with van der Waals surface area (Å²) in [5.41, 5.74) is 0.645. The number of nitrogens with zero attached hydrogens (tertiary/aromatic N) is 2. The number of hydrogen-bond donors (Lipinski definition) is 1. The topological polar surface area (TPSA) is 45.2 Å². The van der Waals surface area contributed by atoms with Crippen molar-refractivity contribution in [2.45, 2.75) is 12.5 Å². The van der Waals surface area contributed by atoms with Crippen LogP contribution in [-0.2, 0) is 11.2 Å². The zero-order valence-electron chi connectivity index (χ0n) is 12.0. The van der Waals surface area contributed by atoms with Gasteiger partial charge in [-0.2, -0.15) is 0 Å². The Morgan fingerprint density at radius 2 is 2.29 bits per heavy atom. The van der Waals surface area contributed by atoms with Crippen LogP contribution in [0.1, 0.15) is 16.6 Å². The van der Waals surface area contributed by atoms with Gasteiger partial charge in [0.1, 0.15) is 11.9 Å². The van der Waals surface area contributed by atoms with E-state index in [9.17, 15) is 9.18 Å². The summed E-state index contributed by atoms with van der Waals surface area (Å²) in [4.78, 5) is 18.3. The highest BCUT2D eigenvalue weighted by atomic mass is 32.1. The lowest BCUT2D eigenvalue weighted by atomic mass is 10.1. The Morgan fingerprint density at radius 1 is 1.48 bits per heavy atom. The van der Waals surface area contributed by atoms with Crippen LogP contribution in [0.2, 0.25) is 0 Å². The molecule has 0 unspecified atom stereocenters. The van der Waals surface area contributed by atoms with Gasteiger partial charge in [0.2, 0.25) is 5.91 Å². The quantitative estimate of drug-likeness (QED) is 0.890. The fraction of sp³-hybridized carbons (Fsp3) is 0.333. The standard InChI is InChI=1S/C15H18FN3OS/c1-19(2)14(11-4-3-5-12(16)10-11)15(20)18-7-6-13-17-8-9-21-13/h3-5,8-10,14H,6-7H2,1-2H3,(H,18,20)/t14-/m0/s1. The Labute approximate surface area is 127 Å². The molecule has 1 N–H and O–H groups in total. The summed E-state index contributed by atoms with van der Waals surface area (Å²) in [6.07, 6.45) is 2.45. The van der Waals surface area contributed by atoms with E-state index in [0.717, 1.165) is 5.01 Å². The molecule has 1 amide bonds. The van der Waals surface area contributed by atoms with Crippen molar-refractivity contribution < 1.29 is 9.18 Å². The van der Waals surface area contributed by atoms with Crippen LogP contribution in [0.5, 0.6) is 0 Å². The van der Waals surface area contributed by atoms with Gasteiger partial charge in [-0.05, 0) is 31.8 Å². The summed E-state index contributed by atoms with van der Waals surface area (Å²) in [6.45, 7) is 0.520. The van der Waals surface area contributed by atoms with Crippen molar-refractivity contribution >= 4 is 17.2 Å². The molecule has 112 valence electrons. The van der Waals surface area contributed by atoms with E-state index < -0.39 is 6.04 Å². The first-order chi connectivity index (χ1) is 10.1. The first-order valence-corrected chi connectivity index (χ1v) is 7.54. The molecule has 0 radical (unpaired) electrons. The van der Waals surface area contributed by atoms with Gasteiger partial charge in [-0.15, -0.1) is 11.3 Å². The molecule has 0 aliphatic heterocycles. The number of carbonyl (C=O) groups excluding carboxylic acids is 1. The molecule has 1 atom stereocenters. The zero-order chi connectivity index (χ0) is 15.2. The Bertz CT molecular complexity index is 586. The smallest absolute Gasteiger partial charge is 0.241 e. The van der Waals surface area contributed by atoms with Gasteiger partial charge in [-0.3, -0.25) is 9.69 Å². The Hall–Kier alpha value is -1.79. The lowest BCUT2D eigenvalue weighted by molar-refractivity contribution is -0.125. The summed E-state index contributed by atoms with van der Waals surface area (Å²) in [5, 5.41) is 5.78. The van der Waals surface area contributed by atoms with Gasteiger partial charge in [-0.1, -0.05) is 12.1 Å². The van der Waals surface area contributed by atoms with Crippen LogP contribution in [0.25, 0.3) is 0 Å². The molecule has 0 aliphatic rings. The second kappa shape index (κ2) is 7.28. The molecule has 1 aromatic heterocycles. The predicted octanol–water partition coefficient (Wildman–Crippen LogP) is 2.24. The molecule has 0 saturated heterocycles. The summed E-state index contributed by atoms with van der Waals surface area (Å²) in [7, 11) is 3.60. The largest absolute Gasteiger partial charge is 0.354 e. The van der Waals surface area contributed by atoms with E-state index in [2.05, 4.69) is 10.3 Å². The third-order valence-corrected chi connectivity index (χ3v) is 3.89. The fourth-order valence-electron chi connectivity index (χ4n) is 2.13. The Balaban J connectivity index is 1.99. The van der Waals surface area contributed by atoms with Gasteiger partial charge >= 0.3 is 0 Å². The van der Waals surface area contributed by atoms with Gasteiger partial charge in [0.05, 0.1) is 5.01 Å². The summed E-state index contributed by atoms with van der Waals surface area (Å²) >= 11 is 1.57. The minimum Gasteiger partial charge on any atom is -0.354 e. The average Bonchev–Trinajstić information content (AvgIpc) is 2.91. The molecule has 2 aromatic rings. The van der Waals surface area contributed by atoms with E-state index in [1.54, 1.807) is 48.7 Å². The molecular weight excluding hydrogens is 289 g/mol. The highest BCUT2D eigenvalue weighted by Crippen LogP contribution is 2.19. The predicted molar refractivity (Wildman–Crippen MR) is 81.7 cm³/mol. The normalized spacial score (nSPS) is 12.4. The number of thiazole rings is 1. The molecule has 0 spiro atoms. The van der Waals surface area contributed by atoms with E-state index in [1.165, 1.54) is 12.1 Å². The molecule has 4 nitrogen and oxygen atoms in total. The van der Waals surface area contributed by atoms with Crippen molar-refractivity contribution in [2.75, 3.05) is 20.6 Å². The van der Waals surface area contributed by atoms with Crippen molar-refractivity contribution in [3.63, 3.8) is 0 Å². The van der Waals surface area contributed by atoms with Gasteiger partial charge in [-0.25, -0.2) is 9.37 Å². The van der Waals surface area contributed by atoms with E-state index in [1.807, 2.05) is 5.38 Å². The van der Waals surface area contributed by atoms with Crippen molar-refractivity contribution in [1.29, 1.82) is 0 Å². The van der Waals surface area contributed by atoms with Crippen LogP contribution >= 0.6 is 11.3 Å². The molecule has 1 heterocycles. The summed E-state index contributed by atoms with van der Waals surface area (Å²) in [6, 6.07) is 5.64. The molecular formula is C15H18FN3OS. The number of nitrogens with one attached hydrogen (secondary N) is 1. The molecule has 2 rings (SSSR count). The van der Waals surface area contributed by atoms with Crippen LogP contribution in [0.3, 0.4) is 0 Å². The number of halogens is 1. The van der Waals surface area contributed by atoms with Crippen molar-refractivity contribution in [1.82, 2.24) is 15.2 Å². The van der Waals surface area contributed by atoms with Crippen LogP contribution in [0.4, 0.5) is 4.39 Å². The third-order valence-electron chi connectivity index (χ3n) is 3.05. The molecule has 6 heteroatoms. The van der Waals surface area contributed by atoms with Gasteiger partial charge < -0.3 is 5.32 Å². The number of benzene rings is 1. The maximum Gasteiger partial charge on any atom is 0.241 e. The number of amides is 1. The minimum absolute atomic E-state index is 0.137. The van der Waals surface area contributed by atoms with E-state index >= 15 is 0 Å². The van der Waals surface area contributed by atoms with Gasteiger partial charge in [0.25, 0.3) is 0 Å². The van der Waals surface area contributed by atoms with Crippen molar-refractivity contribution in [2.24, 2.45) is 0 Å². The molecule has 21 heavy (non-hydrogen) atoms. The maximum absolute atomic E-state index is 13.3. The third kappa shape index (κ3) is 4.34. The summed E-state index contributed by atoms with van der Waals surface area (Å²) in [5.74, 6) is -0.475. The number of aromatic nitrogens is 1. The molecule has 0 aliphatic carbocycles. The second-order valence-corrected chi connectivity index (χ2v) is 5.87. The van der Waals surface area contributed by atoms with Crippen molar-refractivity contribution in [3.8, 4) is 0 Å². The number of carbonyl (C=O) groups is 1. The fourth-order valence-corrected chi connectivity index (χ4v) is 2.75. The minimum atomic E-state index is -0.503. The maximum atomic E-state index is 13.3. The number of rotatable bonds is 6. The van der Waals surface area contributed by atoms with E-state index in [4.69, 9.17) is 0 Å². The van der Waals surface area contributed by atoms with E-state index in [0.29, 0.717) is 18.5 Å². The Morgan fingerprint density at radius 3 is 2.90 bits per heavy atom. The molecule has 0 fully saturated rings. The highest BCUT2D eigenvalue weighted by molar-refractivity contribution is 7.09. The lowest BCUT2D eigenvalue weighted by Gasteiger charge is -2.23. The number of likely N-dealkylation sites (N-methyl/N-ethyl adjacent to an activating group) is 1. The van der Waals surface area contributed by atoms with Crippen LogP contribution < -0.4 is 5.32 Å². The monoisotopic (exact) mass is 307 g/mol. The zero-order valence-corrected chi connectivity index (χ0v) is 12.9. The van der Waals surface area contributed by atoms with Crippen LogP contribution in [-0.4, -0.2) is 36.4 Å². The first-order valence-electron chi connectivity index (χ1n) is 6.66. The first kappa shape index (κ1) is 15.6. The summed E-state index contributed by atoms with van der Waals surface area (Å²) < 4.78 is 13.3. The SMILES string of the molecule is CN(C)[C@H](C(=O)NCCc1nccs1)c1cccc(F)c1.